The minimum Gasteiger partial charge on any atom is -0.488 e. The summed E-state index contributed by atoms with van der Waals surface area (Å²) in [4.78, 5) is 12.8. The molecule has 0 radical (unpaired) electrons. The molecule has 1 aliphatic rings. The van der Waals surface area contributed by atoms with Crippen LogP contribution in [0.2, 0.25) is 0 Å². The molecule has 2 unspecified atom stereocenters. The van der Waals surface area contributed by atoms with Crippen molar-refractivity contribution < 1.29 is 19.0 Å². The van der Waals surface area contributed by atoms with Crippen LogP contribution in [0.5, 0.6) is 0 Å². The molecule has 1 saturated heterocycles. The smallest absolute Gasteiger partial charge is 0.407 e. The number of nitrogens with zero attached hydrogens (tertiary/aromatic N) is 1. The van der Waals surface area contributed by atoms with Gasteiger partial charge in [-0.05, 0) is 41.0 Å². The van der Waals surface area contributed by atoms with E-state index >= 15 is 0 Å². The lowest BCUT2D eigenvalue weighted by atomic mass is 9.87. The van der Waals surface area contributed by atoms with E-state index in [-0.39, 0.29) is 18.3 Å². The fourth-order valence-electron chi connectivity index (χ4n) is 3.91. The predicted octanol–water partition coefficient (Wildman–Crippen LogP) is 5.50. The summed E-state index contributed by atoms with van der Waals surface area (Å²) in [5.74, 6) is 0.165. The van der Waals surface area contributed by atoms with Crippen LogP contribution in [-0.2, 0) is 4.74 Å². The van der Waals surface area contributed by atoms with E-state index in [2.05, 4.69) is 6.58 Å². The summed E-state index contributed by atoms with van der Waals surface area (Å²) in [5.41, 5.74) is 1.79. The summed E-state index contributed by atoms with van der Waals surface area (Å²) >= 11 is 0. The molecule has 4 nitrogen and oxygen atoms in total. The summed E-state index contributed by atoms with van der Waals surface area (Å²) in [6.07, 6.45) is -0.759. The zero-order chi connectivity index (χ0) is 20.4. The molecule has 3 aromatic carbocycles. The van der Waals surface area contributed by atoms with Crippen LogP contribution in [0.15, 0.2) is 73.3 Å². The Balaban J connectivity index is 1.59. The molecule has 0 aromatic heterocycles. The Bertz CT molecular complexity index is 1050. The summed E-state index contributed by atoms with van der Waals surface area (Å²) < 4.78 is 19.6. The van der Waals surface area contributed by atoms with Gasteiger partial charge < -0.3 is 14.7 Å². The van der Waals surface area contributed by atoms with Gasteiger partial charge in [-0.2, -0.15) is 0 Å². The molecule has 1 N–H and O–H groups in total. The molecule has 0 aliphatic carbocycles. The van der Waals surface area contributed by atoms with Gasteiger partial charge in [-0.1, -0.05) is 55.1 Å². The molecule has 0 spiro atoms. The van der Waals surface area contributed by atoms with Gasteiger partial charge in [0, 0.05) is 18.0 Å². The number of likely N-dealkylation sites (tertiary alicyclic amines) is 1. The minimum absolute atomic E-state index is 0.0385. The van der Waals surface area contributed by atoms with Gasteiger partial charge >= 0.3 is 6.09 Å². The number of fused-ring (bicyclic) bond motifs is 1. The fourth-order valence-corrected chi connectivity index (χ4v) is 3.91. The van der Waals surface area contributed by atoms with Gasteiger partial charge in [0.25, 0.3) is 0 Å². The second-order valence-corrected chi connectivity index (χ2v) is 7.32. The van der Waals surface area contributed by atoms with Crippen LogP contribution < -0.4 is 0 Å². The van der Waals surface area contributed by atoms with Crippen LogP contribution in [0.4, 0.5) is 9.18 Å². The van der Waals surface area contributed by atoms with Crippen LogP contribution in [0.1, 0.15) is 23.5 Å². The lowest BCUT2D eigenvalue weighted by molar-refractivity contribution is 0.0497. The summed E-state index contributed by atoms with van der Waals surface area (Å²) in [6, 6.07) is 20.4. The molecule has 5 heteroatoms. The first-order valence-electron chi connectivity index (χ1n) is 9.59. The van der Waals surface area contributed by atoms with Crippen LogP contribution in [0.3, 0.4) is 0 Å². The van der Waals surface area contributed by atoms with Crippen LogP contribution in [-0.4, -0.2) is 35.3 Å². The average molecular weight is 391 g/mol. The Morgan fingerprint density at radius 1 is 1.07 bits per heavy atom. The molecule has 0 saturated carbocycles. The molecule has 148 valence electrons. The van der Waals surface area contributed by atoms with E-state index < -0.39 is 12.2 Å². The van der Waals surface area contributed by atoms with E-state index in [9.17, 15) is 14.3 Å². The number of halogens is 1. The van der Waals surface area contributed by atoms with Crippen LogP contribution in [0.25, 0.3) is 16.5 Å². The fraction of sp³-hybridized carbons (Fsp3) is 0.208. The van der Waals surface area contributed by atoms with Gasteiger partial charge in [0.15, 0.2) is 0 Å². The Hall–Kier alpha value is -3.34. The molecule has 2 atom stereocenters. The number of amides is 1. The van der Waals surface area contributed by atoms with E-state index in [1.807, 2.05) is 42.5 Å². The van der Waals surface area contributed by atoms with Crippen LogP contribution >= 0.6 is 0 Å². The van der Waals surface area contributed by atoms with Crippen molar-refractivity contribution >= 4 is 22.6 Å². The Kier molecular flexibility index (Phi) is 5.21. The van der Waals surface area contributed by atoms with E-state index in [0.29, 0.717) is 18.7 Å². The normalized spacial score (nSPS) is 19.1. The minimum atomic E-state index is -0.965. The monoisotopic (exact) mass is 391 g/mol. The Labute approximate surface area is 168 Å². The highest BCUT2D eigenvalue weighted by Crippen LogP contribution is 2.33. The lowest BCUT2D eigenvalue weighted by Gasteiger charge is -2.38. The third-order valence-corrected chi connectivity index (χ3v) is 5.49. The van der Waals surface area contributed by atoms with Crippen molar-refractivity contribution in [3.8, 4) is 0 Å². The van der Waals surface area contributed by atoms with Gasteiger partial charge in [-0.25, -0.2) is 9.18 Å². The summed E-state index contributed by atoms with van der Waals surface area (Å²) in [6.45, 7) is 4.75. The molecule has 4 rings (SSSR count). The maximum absolute atomic E-state index is 13.3. The zero-order valence-electron chi connectivity index (χ0n) is 15.9. The number of hydrogen-bond acceptors (Lipinski definition) is 2. The maximum Gasteiger partial charge on any atom is 0.407 e. The van der Waals surface area contributed by atoms with E-state index in [0.717, 1.165) is 21.9 Å². The quantitative estimate of drug-likeness (QED) is 0.597. The van der Waals surface area contributed by atoms with Crippen LogP contribution in [0, 0.1) is 5.82 Å². The lowest BCUT2D eigenvalue weighted by Crippen LogP contribution is -2.46. The molecular weight excluding hydrogens is 369 g/mol. The van der Waals surface area contributed by atoms with E-state index in [1.165, 1.54) is 17.0 Å². The number of hydrogen-bond donors (Lipinski definition) is 1. The molecule has 1 heterocycles. The molecule has 3 aromatic rings. The van der Waals surface area contributed by atoms with Crippen molar-refractivity contribution in [1.29, 1.82) is 0 Å². The van der Waals surface area contributed by atoms with E-state index in [1.54, 1.807) is 12.1 Å². The first kappa shape index (κ1) is 19.0. The Morgan fingerprint density at radius 3 is 2.52 bits per heavy atom. The van der Waals surface area contributed by atoms with Gasteiger partial charge in [-0.15, -0.1) is 0 Å². The topological polar surface area (TPSA) is 49.8 Å². The molecule has 1 fully saturated rings. The number of carbonyl (C=O) groups is 1. The van der Waals surface area contributed by atoms with Gasteiger partial charge in [0.2, 0.25) is 0 Å². The largest absolute Gasteiger partial charge is 0.488 e. The molecule has 29 heavy (non-hydrogen) atoms. The third kappa shape index (κ3) is 4.09. The van der Waals surface area contributed by atoms with Gasteiger partial charge in [-0.3, -0.25) is 0 Å². The van der Waals surface area contributed by atoms with Crippen molar-refractivity contribution in [3.05, 3.63) is 90.3 Å². The number of ether oxygens (including phenoxy) is 1. The SMILES string of the molecule is C=C(OC1CN(C(=O)O)CCC1c1ccc(F)cc1)c1ccc2ccccc2c1. The number of carboxylic acid groups (broad SMARTS) is 1. The van der Waals surface area contributed by atoms with E-state index in [4.69, 9.17) is 4.74 Å². The number of benzene rings is 3. The second kappa shape index (κ2) is 7.95. The van der Waals surface area contributed by atoms with Crippen molar-refractivity contribution in [2.24, 2.45) is 0 Å². The number of piperidine rings is 1. The predicted molar refractivity (Wildman–Crippen MR) is 111 cm³/mol. The Morgan fingerprint density at radius 2 is 1.79 bits per heavy atom. The zero-order valence-corrected chi connectivity index (χ0v) is 15.9. The first-order chi connectivity index (χ1) is 14.0. The first-order valence-corrected chi connectivity index (χ1v) is 9.59. The highest BCUT2D eigenvalue weighted by Gasteiger charge is 2.34. The molecule has 0 bridgehead atoms. The summed E-state index contributed by atoms with van der Waals surface area (Å²) in [7, 11) is 0. The molecular formula is C24H22FNO3. The second-order valence-electron chi connectivity index (χ2n) is 7.32. The van der Waals surface area contributed by atoms with Crippen molar-refractivity contribution in [2.75, 3.05) is 13.1 Å². The maximum atomic E-state index is 13.3. The van der Waals surface area contributed by atoms with Gasteiger partial charge in [0.1, 0.15) is 17.7 Å². The third-order valence-electron chi connectivity index (χ3n) is 5.49. The standard InChI is InChI=1S/C24H22FNO3/c1-16(19-7-6-17-4-2-3-5-20(17)14-19)29-23-15-26(24(27)28)13-12-22(23)18-8-10-21(25)11-9-18/h2-11,14,22-23H,1,12-13,15H2,(H,27,28). The summed E-state index contributed by atoms with van der Waals surface area (Å²) in [5, 5.41) is 11.6. The highest BCUT2D eigenvalue weighted by molar-refractivity contribution is 5.85. The molecule has 1 aliphatic heterocycles. The van der Waals surface area contributed by atoms with Gasteiger partial charge in [0.05, 0.1) is 6.54 Å². The highest BCUT2D eigenvalue weighted by atomic mass is 19.1. The van der Waals surface area contributed by atoms with Crippen molar-refractivity contribution in [3.63, 3.8) is 0 Å². The number of rotatable bonds is 4. The molecule has 1 amide bonds. The van der Waals surface area contributed by atoms with Crippen molar-refractivity contribution in [2.45, 2.75) is 18.4 Å². The van der Waals surface area contributed by atoms with Crippen molar-refractivity contribution in [1.82, 2.24) is 4.90 Å². The average Bonchev–Trinajstić information content (AvgIpc) is 2.74.